The molecule has 1 unspecified atom stereocenters. The van der Waals surface area contributed by atoms with Gasteiger partial charge in [-0.15, -0.1) is 0 Å². The summed E-state index contributed by atoms with van der Waals surface area (Å²) in [5.74, 6) is -0.176. The molecule has 23 heavy (non-hydrogen) atoms. The number of carbonyl (C=O) groups excluding carboxylic acids is 1. The van der Waals surface area contributed by atoms with E-state index < -0.39 is 4.92 Å². The summed E-state index contributed by atoms with van der Waals surface area (Å²) in [7, 11) is 0. The molecule has 2 heterocycles. The number of nitro benzene ring substituents is 1. The highest BCUT2D eigenvalue weighted by Crippen LogP contribution is 2.39. The molecule has 1 aromatic heterocycles. The highest BCUT2D eigenvalue weighted by Gasteiger charge is 2.30. The van der Waals surface area contributed by atoms with E-state index in [9.17, 15) is 14.9 Å². The van der Waals surface area contributed by atoms with E-state index in [1.54, 1.807) is 18.3 Å². The van der Waals surface area contributed by atoms with Crippen LogP contribution in [0.4, 0.5) is 11.4 Å². The Kier molecular flexibility index (Phi) is 4.10. The van der Waals surface area contributed by atoms with Crippen molar-refractivity contribution in [2.45, 2.75) is 32.2 Å². The predicted molar refractivity (Wildman–Crippen MR) is 85.6 cm³/mol. The number of H-pyrrole nitrogens is 1. The Morgan fingerprint density at radius 1 is 1.43 bits per heavy atom. The Bertz CT molecular complexity index is 727. The van der Waals surface area contributed by atoms with Gasteiger partial charge in [0.1, 0.15) is 5.69 Å². The van der Waals surface area contributed by atoms with Crippen molar-refractivity contribution in [2.75, 3.05) is 11.4 Å². The maximum atomic E-state index is 11.5. The molecule has 0 aliphatic carbocycles. The molecule has 1 aromatic carbocycles. The van der Waals surface area contributed by atoms with Crippen molar-refractivity contribution in [3.63, 3.8) is 0 Å². The summed E-state index contributed by atoms with van der Waals surface area (Å²) in [4.78, 5) is 24.6. The minimum Gasteiger partial charge on any atom is -0.359 e. The molecule has 0 saturated carbocycles. The maximum absolute atomic E-state index is 11.5. The first-order valence-corrected chi connectivity index (χ1v) is 7.62. The molecule has 1 N–H and O–H groups in total. The number of ketones is 1. The summed E-state index contributed by atoms with van der Waals surface area (Å²) in [6.45, 7) is 2.16. The first kappa shape index (κ1) is 15.2. The first-order valence-electron chi connectivity index (χ1n) is 7.62. The number of benzene rings is 1. The molecule has 2 aromatic rings. The van der Waals surface area contributed by atoms with Crippen molar-refractivity contribution in [1.82, 2.24) is 10.2 Å². The van der Waals surface area contributed by atoms with Crippen LogP contribution in [0.25, 0.3) is 0 Å². The van der Waals surface area contributed by atoms with Crippen LogP contribution in [0.5, 0.6) is 0 Å². The summed E-state index contributed by atoms with van der Waals surface area (Å²) in [5, 5.41) is 18.3. The number of rotatable bonds is 4. The summed E-state index contributed by atoms with van der Waals surface area (Å²) in [5.41, 5.74) is 1.92. The van der Waals surface area contributed by atoms with Crippen LogP contribution < -0.4 is 4.90 Å². The van der Waals surface area contributed by atoms with Gasteiger partial charge in [0.25, 0.3) is 5.69 Å². The highest BCUT2D eigenvalue weighted by molar-refractivity contribution is 5.95. The molecule has 1 atom stereocenters. The largest absolute Gasteiger partial charge is 0.359 e. The molecule has 120 valence electrons. The predicted octanol–water partition coefficient (Wildman–Crippen LogP) is 3.25. The molecule has 0 radical (unpaired) electrons. The molecule has 0 bridgehead atoms. The van der Waals surface area contributed by atoms with Crippen molar-refractivity contribution >= 4 is 17.2 Å². The van der Waals surface area contributed by atoms with E-state index in [0.717, 1.165) is 31.4 Å². The molecule has 7 nitrogen and oxygen atoms in total. The van der Waals surface area contributed by atoms with Gasteiger partial charge >= 0.3 is 0 Å². The monoisotopic (exact) mass is 314 g/mol. The second-order valence-electron chi connectivity index (χ2n) is 5.75. The van der Waals surface area contributed by atoms with Gasteiger partial charge in [-0.25, -0.2) is 0 Å². The summed E-state index contributed by atoms with van der Waals surface area (Å²) in [6, 6.07) is 4.78. The van der Waals surface area contributed by atoms with Gasteiger partial charge in [-0.1, -0.05) is 0 Å². The lowest BCUT2D eigenvalue weighted by atomic mass is 9.96. The number of carbonyl (C=O) groups is 1. The van der Waals surface area contributed by atoms with Gasteiger partial charge in [0.05, 0.1) is 17.2 Å². The van der Waals surface area contributed by atoms with Crippen LogP contribution in [-0.4, -0.2) is 27.4 Å². The van der Waals surface area contributed by atoms with Crippen LogP contribution in [0.3, 0.4) is 0 Å². The van der Waals surface area contributed by atoms with Crippen molar-refractivity contribution in [3.8, 4) is 0 Å². The standard InChI is InChI=1S/C16H18N4O3/c1-11(21)12-5-6-15(16(8-12)20(22)23)19-7-3-2-4-14(19)13-9-17-18-10-13/h5-6,8-10,14H,2-4,7H2,1H3,(H,17,18). The molecule has 0 amide bonds. The van der Waals surface area contributed by atoms with Crippen molar-refractivity contribution in [2.24, 2.45) is 0 Å². The number of nitro groups is 1. The number of nitrogens with one attached hydrogen (secondary N) is 1. The number of piperidine rings is 1. The Morgan fingerprint density at radius 3 is 2.91 bits per heavy atom. The number of anilines is 1. The van der Waals surface area contributed by atoms with E-state index in [4.69, 9.17) is 0 Å². The second-order valence-corrected chi connectivity index (χ2v) is 5.75. The van der Waals surface area contributed by atoms with Gasteiger partial charge in [0.2, 0.25) is 0 Å². The first-order chi connectivity index (χ1) is 11.1. The molecule has 1 fully saturated rings. The maximum Gasteiger partial charge on any atom is 0.293 e. The number of hydrogen-bond acceptors (Lipinski definition) is 5. The fourth-order valence-corrected chi connectivity index (χ4v) is 3.14. The Hall–Kier alpha value is -2.70. The number of aromatic amines is 1. The fraction of sp³-hybridized carbons (Fsp3) is 0.375. The average Bonchev–Trinajstić information content (AvgIpc) is 3.08. The molecule has 3 rings (SSSR count). The minimum absolute atomic E-state index is 0.0203. The summed E-state index contributed by atoms with van der Waals surface area (Å²) < 4.78 is 0. The number of nitrogens with zero attached hydrogens (tertiary/aromatic N) is 3. The lowest BCUT2D eigenvalue weighted by Gasteiger charge is -2.36. The molecule has 0 spiro atoms. The van der Waals surface area contributed by atoms with E-state index >= 15 is 0 Å². The smallest absolute Gasteiger partial charge is 0.293 e. The quantitative estimate of drug-likeness (QED) is 0.531. The molecule has 7 heteroatoms. The molecular formula is C16H18N4O3. The third kappa shape index (κ3) is 2.94. The third-order valence-corrected chi connectivity index (χ3v) is 4.30. The van der Waals surface area contributed by atoms with Crippen molar-refractivity contribution in [3.05, 3.63) is 51.8 Å². The average molecular weight is 314 g/mol. The Labute approximate surface area is 133 Å². The zero-order valence-electron chi connectivity index (χ0n) is 12.9. The molecule has 1 aliphatic heterocycles. The van der Waals surface area contributed by atoms with Crippen LogP contribution >= 0.6 is 0 Å². The lowest BCUT2D eigenvalue weighted by molar-refractivity contribution is -0.384. The molecule has 1 saturated heterocycles. The second kappa shape index (κ2) is 6.20. The highest BCUT2D eigenvalue weighted by atomic mass is 16.6. The number of Topliss-reactive ketones (excluding diaryl/α,β-unsaturated/α-hetero) is 1. The van der Waals surface area contributed by atoms with Crippen LogP contribution in [0, 0.1) is 10.1 Å². The molecular weight excluding hydrogens is 296 g/mol. The van der Waals surface area contributed by atoms with Gasteiger partial charge < -0.3 is 4.90 Å². The van der Waals surface area contributed by atoms with Gasteiger partial charge in [0, 0.05) is 29.9 Å². The molecule has 1 aliphatic rings. The van der Waals surface area contributed by atoms with E-state index in [1.807, 2.05) is 6.20 Å². The van der Waals surface area contributed by atoms with Crippen LogP contribution in [0.1, 0.15) is 48.1 Å². The van der Waals surface area contributed by atoms with E-state index in [1.165, 1.54) is 13.0 Å². The number of aromatic nitrogens is 2. The summed E-state index contributed by atoms with van der Waals surface area (Å²) in [6.07, 6.45) is 6.58. The summed E-state index contributed by atoms with van der Waals surface area (Å²) >= 11 is 0. The van der Waals surface area contributed by atoms with Crippen LogP contribution in [0.2, 0.25) is 0 Å². The Morgan fingerprint density at radius 2 is 2.26 bits per heavy atom. The SMILES string of the molecule is CC(=O)c1ccc(N2CCCCC2c2cn[nH]c2)c([N+](=O)[O-])c1. The third-order valence-electron chi connectivity index (χ3n) is 4.30. The van der Waals surface area contributed by atoms with Gasteiger partial charge in [-0.3, -0.25) is 20.0 Å². The van der Waals surface area contributed by atoms with Crippen molar-refractivity contribution < 1.29 is 9.72 Å². The van der Waals surface area contributed by atoms with Gasteiger partial charge in [-0.2, -0.15) is 5.10 Å². The van der Waals surface area contributed by atoms with Gasteiger partial charge in [0.15, 0.2) is 5.78 Å². The van der Waals surface area contributed by atoms with Crippen LogP contribution in [0.15, 0.2) is 30.6 Å². The van der Waals surface area contributed by atoms with Crippen LogP contribution in [-0.2, 0) is 0 Å². The van der Waals surface area contributed by atoms with E-state index in [2.05, 4.69) is 15.1 Å². The van der Waals surface area contributed by atoms with E-state index in [0.29, 0.717) is 11.3 Å². The Balaban J connectivity index is 2.04. The zero-order valence-corrected chi connectivity index (χ0v) is 12.9. The fourth-order valence-electron chi connectivity index (χ4n) is 3.14. The topological polar surface area (TPSA) is 92.1 Å². The minimum atomic E-state index is -0.414. The normalized spacial score (nSPS) is 18.0. The zero-order chi connectivity index (χ0) is 16.4. The van der Waals surface area contributed by atoms with E-state index in [-0.39, 0.29) is 17.5 Å². The van der Waals surface area contributed by atoms with Crippen molar-refractivity contribution in [1.29, 1.82) is 0 Å². The van der Waals surface area contributed by atoms with Gasteiger partial charge in [-0.05, 0) is 38.3 Å². The lowest BCUT2D eigenvalue weighted by Crippen LogP contribution is -2.33. The number of hydrogen-bond donors (Lipinski definition) is 1.